The van der Waals surface area contributed by atoms with Gasteiger partial charge >= 0.3 is 0 Å². The number of hydrogen-bond donors (Lipinski definition) is 1. The number of ether oxygens (including phenoxy) is 2. The summed E-state index contributed by atoms with van der Waals surface area (Å²) in [6.45, 7) is -0.517. The number of alkyl halides is 2. The molecule has 0 aliphatic carbocycles. The lowest BCUT2D eigenvalue weighted by atomic mass is 10.1. The van der Waals surface area contributed by atoms with Gasteiger partial charge in [0.15, 0.2) is 11.5 Å². The van der Waals surface area contributed by atoms with Crippen LogP contribution in [0.3, 0.4) is 0 Å². The van der Waals surface area contributed by atoms with Gasteiger partial charge in [0.2, 0.25) is 5.91 Å². The third kappa shape index (κ3) is 3.26. The molecule has 2 aromatic rings. The topological polar surface area (TPSA) is 67.9 Å². The second kappa shape index (κ2) is 6.78. The molecule has 1 fully saturated rings. The van der Waals surface area contributed by atoms with E-state index in [9.17, 15) is 18.4 Å². The van der Waals surface area contributed by atoms with Gasteiger partial charge in [-0.05, 0) is 11.6 Å². The van der Waals surface area contributed by atoms with E-state index in [1.807, 2.05) is 30.3 Å². The predicted octanol–water partition coefficient (Wildman–Crippen LogP) is 3.08. The molecular formula is C20H18F2N2O4. The maximum Gasteiger partial charge on any atom is 0.267 e. The Labute approximate surface area is 160 Å². The Morgan fingerprint density at radius 1 is 1.18 bits per heavy atom. The fourth-order valence-electron chi connectivity index (χ4n) is 3.48. The molecule has 2 aliphatic rings. The average molecular weight is 388 g/mol. The van der Waals surface area contributed by atoms with Crippen LogP contribution in [0.1, 0.15) is 22.3 Å². The van der Waals surface area contributed by atoms with Crippen LogP contribution < -0.4 is 14.8 Å². The monoisotopic (exact) mass is 388 g/mol. The molecule has 0 unspecified atom stereocenters. The number of anilines is 1. The lowest BCUT2D eigenvalue weighted by Crippen LogP contribution is -2.40. The number of nitrogens with zero attached hydrogens (tertiary/aromatic N) is 1. The molecule has 2 heterocycles. The molecule has 4 rings (SSSR count). The minimum Gasteiger partial charge on any atom is -0.493 e. The van der Waals surface area contributed by atoms with Crippen LogP contribution in [0.2, 0.25) is 0 Å². The van der Waals surface area contributed by atoms with Crippen molar-refractivity contribution in [1.82, 2.24) is 4.90 Å². The summed E-state index contributed by atoms with van der Waals surface area (Å²) in [6, 6.07) is 11.2. The number of carbonyl (C=O) groups excluding carboxylic acids is 2. The van der Waals surface area contributed by atoms with Gasteiger partial charge in [0.05, 0.1) is 24.9 Å². The van der Waals surface area contributed by atoms with Crippen molar-refractivity contribution in [3.05, 3.63) is 53.6 Å². The Bertz CT molecular complexity index is 933. The number of fused-ring (bicyclic) bond motifs is 2. The summed E-state index contributed by atoms with van der Waals surface area (Å²) in [5.74, 6) is -3.74. The maximum atomic E-state index is 13.8. The first-order chi connectivity index (χ1) is 13.4. The van der Waals surface area contributed by atoms with Crippen LogP contribution in [0.4, 0.5) is 14.5 Å². The van der Waals surface area contributed by atoms with Crippen molar-refractivity contribution >= 4 is 17.5 Å². The molecule has 146 valence electrons. The molecular weight excluding hydrogens is 370 g/mol. The van der Waals surface area contributed by atoms with E-state index in [0.717, 1.165) is 10.5 Å². The first-order valence-electron chi connectivity index (χ1n) is 8.76. The number of nitrogens with one attached hydrogen (secondary N) is 1. The molecule has 0 radical (unpaired) electrons. The molecule has 1 saturated heterocycles. The first kappa shape index (κ1) is 18.2. The van der Waals surface area contributed by atoms with Crippen LogP contribution in [-0.2, 0) is 11.4 Å². The molecule has 8 heteroatoms. The predicted molar refractivity (Wildman–Crippen MR) is 96.8 cm³/mol. The smallest absolute Gasteiger partial charge is 0.267 e. The summed E-state index contributed by atoms with van der Waals surface area (Å²) in [4.78, 5) is 26.2. The summed E-state index contributed by atoms with van der Waals surface area (Å²) in [5.41, 5.74) is 1.25. The zero-order chi connectivity index (χ0) is 19.9. The van der Waals surface area contributed by atoms with E-state index in [-0.39, 0.29) is 23.6 Å². The SMILES string of the molecule is COc1cc2c(cc1OCc1ccccc1)NC(=O)[C@@H]1CC(F)(F)CN1C2=O. The van der Waals surface area contributed by atoms with Crippen molar-refractivity contribution in [2.24, 2.45) is 0 Å². The lowest BCUT2D eigenvalue weighted by Gasteiger charge is -2.19. The highest BCUT2D eigenvalue weighted by Crippen LogP contribution is 2.40. The summed E-state index contributed by atoms with van der Waals surface area (Å²) >= 11 is 0. The van der Waals surface area contributed by atoms with Gasteiger partial charge in [-0.2, -0.15) is 0 Å². The molecule has 2 aliphatic heterocycles. The number of hydrogen-bond acceptors (Lipinski definition) is 4. The molecule has 0 saturated carbocycles. The standard InChI is InChI=1S/C20H18F2N2O4/c1-27-16-7-13-14(8-17(16)28-10-12-5-3-2-4-6-12)23-18(25)15-9-20(21,22)11-24(15)19(13)26/h2-8,15H,9-11H2,1H3,(H,23,25)/t15-/m0/s1. The van der Waals surface area contributed by atoms with Crippen LogP contribution in [0.25, 0.3) is 0 Å². The number of methoxy groups -OCH3 is 1. The summed E-state index contributed by atoms with van der Waals surface area (Å²) in [6.07, 6.45) is -0.687. The average Bonchev–Trinajstić information content (AvgIpc) is 2.98. The molecule has 2 aromatic carbocycles. The highest BCUT2D eigenvalue weighted by atomic mass is 19.3. The number of amides is 2. The Morgan fingerprint density at radius 3 is 2.64 bits per heavy atom. The van der Waals surface area contributed by atoms with Gasteiger partial charge in [-0.25, -0.2) is 8.78 Å². The third-order valence-corrected chi connectivity index (χ3v) is 4.86. The van der Waals surface area contributed by atoms with E-state index in [2.05, 4.69) is 5.32 Å². The van der Waals surface area contributed by atoms with E-state index in [1.165, 1.54) is 19.2 Å². The van der Waals surface area contributed by atoms with Gasteiger partial charge in [-0.1, -0.05) is 30.3 Å². The van der Waals surface area contributed by atoms with Crippen molar-refractivity contribution in [1.29, 1.82) is 0 Å². The molecule has 6 nitrogen and oxygen atoms in total. The number of benzene rings is 2. The Hall–Kier alpha value is -3.16. The molecule has 0 bridgehead atoms. The van der Waals surface area contributed by atoms with Crippen LogP contribution in [0.15, 0.2) is 42.5 Å². The third-order valence-electron chi connectivity index (χ3n) is 4.86. The largest absolute Gasteiger partial charge is 0.493 e. The number of halogens is 2. The fraction of sp³-hybridized carbons (Fsp3) is 0.300. The van der Waals surface area contributed by atoms with E-state index in [0.29, 0.717) is 5.75 Å². The van der Waals surface area contributed by atoms with Crippen LogP contribution in [0, 0.1) is 0 Å². The molecule has 0 aromatic heterocycles. The second-order valence-electron chi connectivity index (χ2n) is 6.82. The van der Waals surface area contributed by atoms with Gasteiger partial charge in [0.25, 0.3) is 11.8 Å². The zero-order valence-electron chi connectivity index (χ0n) is 15.1. The summed E-state index contributed by atoms with van der Waals surface area (Å²) < 4.78 is 38.6. The van der Waals surface area contributed by atoms with Crippen molar-refractivity contribution in [2.75, 3.05) is 19.0 Å². The van der Waals surface area contributed by atoms with E-state index in [4.69, 9.17) is 9.47 Å². The molecule has 1 N–H and O–H groups in total. The molecule has 28 heavy (non-hydrogen) atoms. The minimum absolute atomic E-state index is 0.0949. The highest BCUT2D eigenvalue weighted by Gasteiger charge is 2.51. The summed E-state index contributed by atoms with van der Waals surface area (Å²) in [7, 11) is 1.42. The number of rotatable bonds is 4. The van der Waals surface area contributed by atoms with Crippen LogP contribution >= 0.6 is 0 Å². The molecule has 2 amide bonds. The van der Waals surface area contributed by atoms with E-state index < -0.39 is 36.7 Å². The van der Waals surface area contributed by atoms with E-state index >= 15 is 0 Å². The molecule has 1 atom stereocenters. The van der Waals surface area contributed by atoms with Gasteiger partial charge in [-0.15, -0.1) is 0 Å². The van der Waals surface area contributed by atoms with Crippen molar-refractivity contribution in [2.45, 2.75) is 25.0 Å². The van der Waals surface area contributed by atoms with Crippen molar-refractivity contribution in [3.63, 3.8) is 0 Å². The van der Waals surface area contributed by atoms with Gasteiger partial charge < -0.3 is 19.7 Å². The Balaban J connectivity index is 1.67. The van der Waals surface area contributed by atoms with Crippen molar-refractivity contribution in [3.8, 4) is 11.5 Å². The minimum atomic E-state index is -3.09. The van der Waals surface area contributed by atoms with Gasteiger partial charge in [0, 0.05) is 12.5 Å². The molecule has 0 spiro atoms. The second-order valence-corrected chi connectivity index (χ2v) is 6.82. The maximum absolute atomic E-state index is 13.8. The van der Waals surface area contributed by atoms with Gasteiger partial charge in [0.1, 0.15) is 12.6 Å². The van der Waals surface area contributed by atoms with E-state index in [1.54, 1.807) is 0 Å². The normalized spacial score (nSPS) is 20.1. The Kier molecular flexibility index (Phi) is 4.41. The highest BCUT2D eigenvalue weighted by molar-refractivity contribution is 6.10. The lowest BCUT2D eigenvalue weighted by molar-refractivity contribution is -0.119. The zero-order valence-corrected chi connectivity index (χ0v) is 15.1. The van der Waals surface area contributed by atoms with Gasteiger partial charge in [-0.3, -0.25) is 9.59 Å². The summed E-state index contributed by atoms with van der Waals surface area (Å²) in [5, 5.41) is 2.58. The first-order valence-corrected chi connectivity index (χ1v) is 8.76. The quantitative estimate of drug-likeness (QED) is 0.874. The fourth-order valence-corrected chi connectivity index (χ4v) is 3.48. The van der Waals surface area contributed by atoms with Crippen LogP contribution in [-0.4, -0.2) is 42.3 Å². The Morgan fingerprint density at radius 2 is 1.93 bits per heavy atom. The van der Waals surface area contributed by atoms with Crippen molar-refractivity contribution < 1.29 is 27.8 Å². The van der Waals surface area contributed by atoms with Crippen LogP contribution in [0.5, 0.6) is 11.5 Å². The number of carbonyl (C=O) groups is 2.